The Hall–Kier alpha value is -3.53. The monoisotopic (exact) mass is 1110 g/mol. The van der Waals surface area contributed by atoms with E-state index in [4.69, 9.17) is 18.9 Å². The van der Waals surface area contributed by atoms with E-state index in [1.165, 1.54) is 154 Å². The molecule has 0 amide bonds. The van der Waals surface area contributed by atoms with Crippen LogP contribution < -0.4 is 0 Å². The molecule has 0 aliphatic heterocycles. The van der Waals surface area contributed by atoms with E-state index in [0.29, 0.717) is 23.9 Å². The van der Waals surface area contributed by atoms with Crippen LogP contribution in [0.3, 0.4) is 0 Å². The van der Waals surface area contributed by atoms with Gasteiger partial charge in [0.1, 0.15) is 13.2 Å². The van der Waals surface area contributed by atoms with E-state index < -0.39 is 24.3 Å². The molecule has 0 heterocycles. The van der Waals surface area contributed by atoms with Crippen LogP contribution in [0.4, 0.5) is 0 Å². The number of carbonyl (C=O) groups is 3. The molecule has 0 aromatic rings. The number of esters is 2. The molecule has 0 aromatic carbocycles. The number of aliphatic carboxylic acids is 1. The Morgan fingerprint density at radius 2 is 0.722 bits per heavy atom. The largest absolute Gasteiger partial charge is 0.477 e. The van der Waals surface area contributed by atoms with Gasteiger partial charge in [-0.25, -0.2) is 4.79 Å². The van der Waals surface area contributed by atoms with Crippen LogP contribution >= 0.6 is 0 Å². The highest BCUT2D eigenvalue weighted by Gasteiger charge is 2.25. The Balaban J connectivity index is 4.21. The lowest BCUT2D eigenvalue weighted by Crippen LogP contribution is -2.40. The molecule has 0 aromatic heterocycles. The smallest absolute Gasteiger partial charge is 0.361 e. The molecule has 0 aliphatic carbocycles. The van der Waals surface area contributed by atoms with Crippen LogP contribution in [-0.4, -0.2) is 87.4 Å². The lowest BCUT2D eigenvalue weighted by atomic mass is 10.0. The SMILES string of the molecule is CC/C=C\C/C=C\C/C=C\C/C=C\C/C=C\C/C=C\C/C=C\CCCCCCCC(=O)OC(COC(=O)CCCCCCCCCCCCCCCCCCCCCCCCCCCCC)COC(OCC[N+](C)(C)C)C(=O)O. The maximum absolute atomic E-state index is 12.9. The first kappa shape index (κ1) is 75.5. The number of carboxylic acids is 1. The topological polar surface area (TPSA) is 108 Å². The van der Waals surface area contributed by atoms with Crippen molar-refractivity contribution < 1.29 is 42.9 Å². The Bertz CT molecular complexity index is 1570. The summed E-state index contributed by atoms with van der Waals surface area (Å²) >= 11 is 0. The molecule has 456 valence electrons. The van der Waals surface area contributed by atoms with Crippen molar-refractivity contribution >= 4 is 17.9 Å². The van der Waals surface area contributed by atoms with Crippen molar-refractivity contribution in [1.29, 1.82) is 0 Å². The van der Waals surface area contributed by atoms with Gasteiger partial charge in [0.05, 0.1) is 34.4 Å². The molecular formula is C70H124NO8+. The van der Waals surface area contributed by atoms with Crippen LogP contribution in [0.1, 0.15) is 284 Å². The zero-order valence-electron chi connectivity index (χ0n) is 52.0. The lowest BCUT2D eigenvalue weighted by molar-refractivity contribution is -0.870. The van der Waals surface area contributed by atoms with Crippen LogP contribution in [0.5, 0.6) is 0 Å². The maximum Gasteiger partial charge on any atom is 0.361 e. The Morgan fingerprint density at radius 3 is 1.08 bits per heavy atom. The second-order valence-electron chi connectivity index (χ2n) is 23.1. The molecule has 0 radical (unpaired) electrons. The van der Waals surface area contributed by atoms with E-state index in [2.05, 4.69) is 98.9 Å². The summed E-state index contributed by atoms with van der Waals surface area (Å²) in [7, 11) is 5.97. The predicted molar refractivity (Wildman–Crippen MR) is 336 cm³/mol. The van der Waals surface area contributed by atoms with Gasteiger partial charge in [0.25, 0.3) is 6.29 Å². The molecule has 2 unspecified atom stereocenters. The summed E-state index contributed by atoms with van der Waals surface area (Å²) in [5.41, 5.74) is 0. The van der Waals surface area contributed by atoms with Crippen LogP contribution in [0, 0.1) is 0 Å². The first-order valence-electron chi connectivity index (χ1n) is 32.8. The number of hydrogen-bond donors (Lipinski definition) is 1. The van der Waals surface area contributed by atoms with Crippen molar-refractivity contribution in [1.82, 2.24) is 0 Å². The van der Waals surface area contributed by atoms with Crippen molar-refractivity contribution in [3.05, 3.63) is 85.1 Å². The highest BCUT2D eigenvalue weighted by Crippen LogP contribution is 2.17. The number of allylic oxidation sites excluding steroid dienone is 14. The number of rotatable bonds is 60. The molecule has 0 spiro atoms. The highest BCUT2D eigenvalue weighted by atomic mass is 16.7. The summed E-state index contributed by atoms with van der Waals surface area (Å²) in [5.74, 6) is -2.02. The number of carboxylic acid groups (broad SMARTS) is 1. The first-order valence-corrected chi connectivity index (χ1v) is 32.8. The molecule has 9 heteroatoms. The minimum absolute atomic E-state index is 0.181. The van der Waals surface area contributed by atoms with Crippen molar-refractivity contribution in [3.63, 3.8) is 0 Å². The van der Waals surface area contributed by atoms with Crippen LogP contribution in [0.2, 0.25) is 0 Å². The van der Waals surface area contributed by atoms with Gasteiger partial charge >= 0.3 is 17.9 Å². The fraction of sp³-hybridized carbons (Fsp3) is 0.757. The molecule has 0 saturated carbocycles. The van der Waals surface area contributed by atoms with E-state index in [1.807, 2.05) is 21.1 Å². The highest BCUT2D eigenvalue weighted by molar-refractivity contribution is 5.71. The summed E-state index contributed by atoms with van der Waals surface area (Å²) in [6.07, 6.45) is 78.2. The van der Waals surface area contributed by atoms with Crippen molar-refractivity contribution in [2.24, 2.45) is 0 Å². The molecule has 2 atom stereocenters. The van der Waals surface area contributed by atoms with Crippen LogP contribution in [0.15, 0.2) is 85.1 Å². The normalized spacial score (nSPS) is 13.3. The van der Waals surface area contributed by atoms with Gasteiger partial charge in [-0.2, -0.15) is 0 Å². The average Bonchev–Trinajstić information content (AvgIpc) is 3.42. The fourth-order valence-electron chi connectivity index (χ4n) is 9.17. The van der Waals surface area contributed by atoms with Gasteiger partial charge < -0.3 is 28.5 Å². The van der Waals surface area contributed by atoms with E-state index in [0.717, 1.165) is 96.3 Å². The third-order valence-corrected chi connectivity index (χ3v) is 14.2. The Kier molecular flexibility index (Phi) is 57.9. The molecule has 0 fully saturated rings. The second kappa shape index (κ2) is 60.6. The Morgan fingerprint density at radius 1 is 0.392 bits per heavy atom. The van der Waals surface area contributed by atoms with E-state index in [1.54, 1.807) is 0 Å². The van der Waals surface area contributed by atoms with Crippen LogP contribution in [0.25, 0.3) is 0 Å². The van der Waals surface area contributed by atoms with Gasteiger partial charge in [-0.3, -0.25) is 9.59 Å². The number of ether oxygens (including phenoxy) is 4. The average molecular weight is 1110 g/mol. The molecule has 79 heavy (non-hydrogen) atoms. The lowest BCUT2D eigenvalue weighted by Gasteiger charge is -2.25. The third kappa shape index (κ3) is 61.9. The molecule has 9 nitrogen and oxygen atoms in total. The quantitative estimate of drug-likeness (QED) is 0.0211. The summed E-state index contributed by atoms with van der Waals surface area (Å²) < 4.78 is 22.9. The number of carbonyl (C=O) groups excluding carboxylic acids is 2. The number of hydrogen-bond acceptors (Lipinski definition) is 7. The van der Waals surface area contributed by atoms with E-state index in [9.17, 15) is 19.5 Å². The molecule has 0 aliphatic rings. The first-order chi connectivity index (χ1) is 38.6. The zero-order chi connectivity index (χ0) is 57.6. The van der Waals surface area contributed by atoms with E-state index >= 15 is 0 Å². The predicted octanol–water partition coefficient (Wildman–Crippen LogP) is 19.9. The van der Waals surface area contributed by atoms with Gasteiger partial charge in [0, 0.05) is 12.8 Å². The summed E-state index contributed by atoms with van der Waals surface area (Å²) in [5, 5.41) is 9.73. The minimum Gasteiger partial charge on any atom is -0.477 e. The zero-order valence-corrected chi connectivity index (χ0v) is 52.0. The van der Waals surface area contributed by atoms with Gasteiger partial charge in [-0.05, 0) is 70.6 Å². The summed E-state index contributed by atoms with van der Waals surface area (Å²) in [6, 6.07) is 0. The second-order valence-corrected chi connectivity index (χ2v) is 23.1. The third-order valence-electron chi connectivity index (χ3n) is 14.2. The molecule has 1 N–H and O–H groups in total. The summed E-state index contributed by atoms with van der Waals surface area (Å²) in [4.78, 5) is 37.6. The number of likely N-dealkylation sites (N-methyl/N-ethyl adjacent to an activating group) is 1. The number of unbranched alkanes of at least 4 members (excludes halogenated alkanes) is 31. The summed E-state index contributed by atoms with van der Waals surface area (Å²) in [6.45, 7) is 4.77. The molecular weight excluding hydrogens is 983 g/mol. The van der Waals surface area contributed by atoms with Crippen molar-refractivity contribution in [2.45, 2.75) is 296 Å². The minimum atomic E-state index is -1.52. The fourth-order valence-corrected chi connectivity index (χ4v) is 9.17. The van der Waals surface area contributed by atoms with Crippen LogP contribution in [-0.2, 0) is 33.3 Å². The van der Waals surface area contributed by atoms with Gasteiger partial charge in [-0.15, -0.1) is 0 Å². The molecule has 0 rings (SSSR count). The van der Waals surface area contributed by atoms with Gasteiger partial charge in [0.2, 0.25) is 0 Å². The number of nitrogens with zero attached hydrogens (tertiary/aromatic N) is 1. The van der Waals surface area contributed by atoms with Gasteiger partial charge in [-0.1, -0.05) is 285 Å². The van der Waals surface area contributed by atoms with Crippen molar-refractivity contribution in [2.75, 3.05) is 47.5 Å². The van der Waals surface area contributed by atoms with Crippen molar-refractivity contribution in [3.8, 4) is 0 Å². The molecule has 0 bridgehead atoms. The van der Waals surface area contributed by atoms with E-state index in [-0.39, 0.29) is 32.2 Å². The van der Waals surface area contributed by atoms with Gasteiger partial charge in [0.15, 0.2) is 6.10 Å². The molecule has 0 saturated heterocycles. The number of quaternary nitrogens is 1. The standard InChI is InChI=1S/C70H123NO8/c1-6-8-10-12-14-16-18-20-22-24-26-28-30-32-34-36-38-40-42-44-46-48-50-52-54-56-58-60-67(72)77-64-66(65-78-70(69(74)75)76-63-62-71(3,4)5)79-68(73)61-59-57-55-53-51-49-47-45-43-41-39-37-35-33-31-29-27-25-23-21-19-17-15-13-11-9-7-2/h9,11,15,17,21,23,27,29,33,35,39,41,45,47,66,70H,6-8,10,12-14,16,18-20,22,24-26,28,30-32,34,36-38,40,42-44,46,48-65H2,1-5H3/p+1/b11-9-,17-15-,23-21-,29-27-,35-33-,41-39-,47-45-. The maximum atomic E-state index is 12.9. The Labute approximate surface area is 487 Å².